The first-order valence-corrected chi connectivity index (χ1v) is 6.02. The molecule has 0 spiro atoms. The van der Waals surface area contributed by atoms with Crippen LogP contribution in [0.4, 0.5) is 5.69 Å². The van der Waals surface area contributed by atoms with Crippen molar-refractivity contribution in [3.63, 3.8) is 0 Å². The van der Waals surface area contributed by atoms with Gasteiger partial charge in [0.2, 0.25) is 0 Å². The fourth-order valence-electron chi connectivity index (χ4n) is 2.04. The molecule has 4 heteroatoms. The SMILES string of the molecule is CCc1cccc(C)c1N(CC#N)CCC(=O)O. The van der Waals surface area contributed by atoms with Crippen molar-refractivity contribution in [3.8, 4) is 6.07 Å². The average molecular weight is 246 g/mol. The van der Waals surface area contributed by atoms with Crippen molar-refractivity contribution in [2.45, 2.75) is 26.7 Å². The van der Waals surface area contributed by atoms with Crippen molar-refractivity contribution >= 4 is 11.7 Å². The van der Waals surface area contributed by atoms with Crippen molar-refractivity contribution in [2.24, 2.45) is 0 Å². The van der Waals surface area contributed by atoms with Crippen LogP contribution in [0, 0.1) is 18.3 Å². The van der Waals surface area contributed by atoms with Crippen LogP contribution in [0.1, 0.15) is 24.5 Å². The van der Waals surface area contributed by atoms with E-state index in [0.29, 0.717) is 6.54 Å². The van der Waals surface area contributed by atoms with Gasteiger partial charge in [-0.25, -0.2) is 0 Å². The lowest BCUT2D eigenvalue weighted by molar-refractivity contribution is -0.136. The first-order valence-electron chi connectivity index (χ1n) is 6.02. The minimum atomic E-state index is -0.843. The Hall–Kier alpha value is -2.02. The smallest absolute Gasteiger partial charge is 0.305 e. The Bertz CT molecular complexity index is 463. The molecule has 0 fully saturated rings. The number of nitriles is 1. The van der Waals surface area contributed by atoms with Crippen LogP contribution in [-0.4, -0.2) is 24.2 Å². The molecule has 0 unspecified atom stereocenters. The maximum absolute atomic E-state index is 10.7. The van der Waals surface area contributed by atoms with E-state index in [1.165, 1.54) is 0 Å². The molecule has 0 atom stereocenters. The number of carboxylic acid groups (broad SMARTS) is 1. The van der Waals surface area contributed by atoms with Crippen molar-refractivity contribution in [2.75, 3.05) is 18.0 Å². The lowest BCUT2D eigenvalue weighted by Gasteiger charge is -2.25. The first-order chi connectivity index (χ1) is 8.60. The second-order valence-corrected chi connectivity index (χ2v) is 4.16. The van der Waals surface area contributed by atoms with Gasteiger partial charge in [0.05, 0.1) is 12.5 Å². The molecule has 0 aliphatic rings. The van der Waals surface area contributed by atoms with Crippen LogP contribution in [0.3, 0.4) is 0 Å². The molecular weight excluding hydrogens is 228 g/mol. The van der Waals surface area contributed by atoms with E-state index in [0.717, 1.165) is 23.2 Å². The first kappa shape index (κ1) is 14.0. The molecule has 0 radical (unpaired) electrons. The van der Waals surface area contributed by atoms with Crippen molar-refractivity contribution in [1.29, 1.82) is 5.26 Å². The molecule has 1 aromatic carbocycles. The van der Waals surface area contributed by atoms with Gasteiger partial charge in [0.1, 0.15) is 6.54 Å². The molecule has 1 N–H and O–H groups in total. The predicted octanol–water partition coefficient (Wildman–Crippen LogP) is 2.36. The van der Waals surface area contributed by atoms with Crippen LogP contribution in [0.5, 0.6) is 0 Å². The maximum atomic E-state index is 10.7. The molecule has 0 aliphatic heterocycles. The third kappa shape index (κ3) is 3.49. The second kappa shape index (κ2) is 6.65. The molecule has 0 aliphatic carbocycles. The van der Waals surface area contributed by atoms with E-state index in [9.17, 15) is 4.79 Å². The molecule has 1 rings (SSSR count). The summed E-state index contributed by atoms with van der Waals surface area (Å²) in [7, 11) is 0. The van der Waals surface area contributed by atoms with Gasteiger partial charge in [0, 0.05) is 12.2 Å². The number of hydrogen-bond acceptors (Lipinski definition) is 3. The van der Waals surface area contributed by atoms with Crippen molar-refractivity contribution in [1.82, 2.24) is 0 Å². The van der Waals surface area contributed by atoms with E-state index in [4.69, 9.17) is 10.4 Å². The molecule has 0 heterocycles. The molecule has 0 bridgehead atoms. The van der Waals surface area contributed by atoms with E-state index >= 15 is 0 Å². The van der Waals surface area contributed by atoms with Gasteiger partial charge in [-0.2, -0.15) is 5.26 Å². The second-order valence-electron chi connectivity index (χ2n) is 4.16. The minimum Gasteiger partial charge on any atom is -0.481 e. The monoisotopic (exact) mass is 246 g/mol. The molecule has 18 heavy (non-hydrogen) atoms. The van der Waals surface area contributed by atoms with Crippen LogP contribution >= 0.6 is 0 Å². The third-order valence-corrected chi connectivity index (χ3v) is 2.88. The van der Waals surface area contributed by atoms with Crippen molar-refractivity contribution in [3.05, 3.63) is 29.3 Å². The molecule has 0 saturated carbocycles. The zero-order valence-corrected chi connectivity index (χ0v) is 10.8. The Balaban J connectivity index is 3.04. The Morgan fingerprint density at radius 2 is 2.22 bits per heavy atom. The maximum Gasteiger partial charge on any atom is 0.305 e. The number of nitrogens with zero attached hydrogens (tertiary/aromatic N) is 2. The summed E-state index contributed by atoms with van der Waals surface area (Å²) in [6, 6.07) is 8.09. The van der Waals surface area contributed by atoms with E-state index in [2.05, 4.69) is 13.0 Å². The van der Waals surface area contributed by atoms with Crippen LogP contribution in [0.15, 0.2) is 18.2 Å². The molecule has 4 nitrogen and oxygen atoms in total. The standard InChI is InChI=1S/C14H18N2O2/c1-3-12-6-4-5-11(2)14(12)16(10-8-15)9-7-13(17)18/h4-6H,3,7,9-10H2,1-2H3,(H,17,18). The Morgan fingerprint density at radius 3 is 2.78 bits per heavy atom. The Morgan fingerprint density at radius 1 is 1.50 bits per heavy atom. The van der Waals surface area contributed by atoms with E-state index in [-0.39, 0.29) is 13.0 Å². The zero-order valence-electron chi connectivity index (χ0n) is 10.8. The number of hydrogen-bond donors (Lipinski definition) is 1. The Labute approximate surface area is 107 Å². The van der Waals surface area contributed by atoms with E-state index in [1.54, 1.807) is 0 Å². The number of rotatable bonds is 6. The number of aryl methyl sites for hydroxylation is 2. The highest BCUT2D eigenvalue weighted by Crippen LogP contribution is 2.25. The van der Waals surface area contributed by atoms with Gasteiger partial charge in [-0.05, 0) is 24.5 Å². The summed E-state index contributed by atoms with van der Waals surface area (Å²) in [5.41, 5.74) is 3.23. The number of carboxylic acids is 1. The molecule has 1 aromatic rings. The van der Waals surface area contributed by atoms with Gasteiger partial charge in [0.15, 0.2) is 0 Å². The number of benzene rings is 1. The third-order valence-electron chi connectivity index (χ3n) is 2.88. The molecule has 0 saturated heterocycles. The zero-order chi connectivity index (χ0) is 13.5. The summed E-state index contributed by atoms with van der Waals surface area (Å²) in [6.45, 7) is 4.62. The minimum absolute atomic E-state index is 0.0408. The quantitative estimate of drug-likeness (QED) is 0.783. The summed E-state index contributed by atoms with van der Waals surface area (Å²) in [5.74, 6) is -0.843. The summed E-state index contributed by atoms with van der Waals surface area (Å²) < 4.78 is 0. The number of carbonyl (C=O) groups is 1. The average Bonchev–Trinajstić information content (AvgIpc) is 2.34. The Kier molecular flexibility index (Phi) is 5.19. The van der Waals surface area contributed by atoms with Crippen LogP contribution in [-0.2, 0) is 11.2 Å². The summed E-state index contributed by atoms with van der Waals surface area (Å²) >= 11 is 0. The van der Waals surface area contributed by atoms with Gasteiger partial charge in [0.25, 0.3) is 0 Å². The highest BCUT2D eigenvalue weighted by molar-refractivity contribution is 5.68. The number of anilines is 1. The highest BCUT2D eigenvalue weighted by atomic mass is 16.4. The van der Waals surface area contributed by atoms with Crippen LogP contribution < -0.4 is 4.90 Å². The molecule has 0 amide bonds. The number of aliphatic carboxylic acids is 1. The lowest BCUT2D eigenvalue weighted by atomic mass is 10.0. The van der Waals surface area contributed by atoms with Gasteiger partial charge in [-0.3, -0.25) is 4.79 Å². The predicted molar refractivity (Wildman–Crippen MR) is 70.6 cm³/mol. The summed E-state index contributed by atoms with van der Waals surface area (Å²) in [5, 5.41) is 17.6. The normalized spacial score (nSPS) is 9.83. The molecular formula is C14H18N2O2. The van der Waals surface area contributed by atoms with E-state index in [1.807, 2.05) is 30.0 Å². The summed E-state index contributed by atoms with van der Waals surface area (Å²) in [6.07, 6.45) is 0.908. The van der Waals surface area contributed by atoms with Crippen LogP contribution in [0.25, 0.3) is 0 Å². The molecule has 0 aromatic heterocycles. The highest BCUT2D eigenvalue weighted by Gasteiger charge is 2.13. The van der Waals surface area contributed by atoms with Crippen molar-refractivity contribution < 1.29 is 9.90 Å². The van der Waals surface area contributed by atoms with Gasteiger partial charge in [-0.15, -0.1) is 0 Å². The topological polar surface area (TPSA) is 64.3 Å². The summed E-state index contributed by atoms with van der Waals surface area (Å²) in [4.78, 5) is 12.5. The van der Waals surface area contributed by atoms with E-state index < -0.39 is 5.97 Å². The van der Waals surface area contributed by atoms with Gasteiger partial charge >= 0.3 is 5.97 Å². The van der Waals surface area contributed by atoms with Crippen LogP contribution in [0.2, 0.25) is 0 Å². The van der Waals surface area contributed by atoms with Gasteiger partial charge in [-0.1, -0.05) is 25.1 Å². The molecule has 96 valence electrons. The number of para-hydroxylation sites is 1. The fraction of sp³-hybridized carbons (Fsp3) is 0.429. The lowest BCUT2D eigenvalue weighted by Crippen LogP contribution is -2.28. The fourth-order valence-corrected chi connectivity index (χ4v) is 2.04. The van der Waals surface area contributed by atoms with Gasteiger partial charge < -0.3 is 10.0 Å². The largest absolute Gasteiger partial charge is 0.481 e.